The standard InChI is InChI=1S/C14H15FN4O.2ClH/c15-11-8-10(18-14(20)12-2-1-5-17-12)3-4-13(11)19-7-6-16-9-19;;/h3-4,6-9,12,17H,1-2,5H2,(H,18,20);2*1H. The lowest BCUT2D eigenvalue weighted by Gasteiger charge is -2.12. The normalized spacial score (nSPS) is 16.5. The van der Waals surface area contributed by atoms with Crippen LogP contribution in [0.3, 0.4) is 0 Å². The van der Waals surface area contributed by atoms with E-state index < -0.39 is 5.82 Å². The molecule has 1 aromatic carbocycles. The van der Waals surface area contributed by atoms with E-state index in [-0.39, 0.29) is 36.8 Å². The first kappa shape index (κ1) is 18.4. The number of carbonyl (C=O) groups excluding carboxylic acids is 1. The van der Waals surface area contributed by atoms with Gasteiger partial charge in [-0.05, 0) is 37.6 Å². The van der Waals surface area contributed by atoms with Crippen LogP contribution in [-0.2, 0) is 4.79 Å². The molecule has 1 saturated heterocycles. The van der Waals surface area contributed by atoms with Crippen LogP contribution in [0.2, 0.25) is 0 Å². The highest BCUT2D eigenvalue weighted by molar-refractivity contribution is 5.95. The molecule has 120 valence electrons. The van der Waals surface area contributed by atoms with Crippen molar-refractivity contribution in [2.75, 3.05) is 11.9 Å². The van der Waals surface area contributed by atoms with Crippen LogP contribution < -0.4 is 10.6 Å². The Labute approximate surface area is 140 Å². The average molecular weight is 347 g/mol. The summed E-state index contributed by atoms with van der Waals surface area (Å²) in [5, 5.41) is 5.84. The van der Waals surface area contributed by atoms with Crippen molar-refractivity contribution in [3.8, 4) is 5.69 Å². The van der Waals surface area contributed by atoms with Gasteiger partial charge in [-0.1, -0.05) is 0 Å². The first-order valence-electron chi connectivity index (χ1n) is 6.56. The fourth-order valence-electron chi connectivity index (χ4n) is 2.33. The fraction of sp³-hybridized carbons (Fsp3) is 0.286. The molecule has 1 aromatic heterocycles. The largest absolute Gasteiger partial charge is 0.325 e. The van der Waals surface area contributed by atoms with Crippen LogP contribution in [0.1, 0.15) is 12.8 Å². The smallest absolute Gasteiger partial charge is 0.241 e. The maximum absolute atomic E-state index is 14.0. The second-order valence-electron chi connectivity index (χ2n) is 4.77. The van der Waals surface area contributed by atoms with Gasteiger partial charge in [0.05, 0.1) is 18.1 Å². The van der Waals surface area contributed by atoms with Crippen molar-refractivity contribution in [2.24, 2.45) is 0 Å². The SMILES string of the molecule is Cl.Cl.O=C(Nc1ccc(-n2ccnc2)c(F)c1)C1CCCN1. The van der Waals surface area contributed by atoms with E-state index in [1.165, 1.54) is 12.4 Å². The summed E-state index contributed by atoms with van der Waals surface area (Å²) in [6, 6.07) is 4.45. The highest BCUT2D eigenvalue weighted by Gasteiger charge is 2.22. The van der Waals surface area contributed by atoms with E-state index in [4.69, 9.17) is 0 Å². The van der Waals surface area contributed by atoms with Gasteiger partial charge >= 0.3 is 0 Å². The van der Waals surface area contributed by atoms with E-state index in [1.807, 2.05) is 0 Å². The van der Waals surface area contributed by atoms with Crippen LogP contribution >= 0.6 is 24.8 Å². The minimum atomic E-state index is -0.403. The Bertz CT molecular complexity index is 615. The molecule has 2 aromatic rings. The Morgan fingerprint density at radius 3 is 2.82 bits per heavy atom. The molecule has 1 aliphatic heterocycles. The molecule has 0 bridgehead atoms. The lowest BCUT2D eigenvalue weighted by atomic mass is 10.2. The molecular weight excluding hydrogens is 330 g/mol. The number of rotatable bonds is 3. The molecule has 0 radical (unpaired) electrons. The van der Waals surface area contributed by atoms with Crippen LogP contribution in [0.15, 0.2) is 36.9 Å². The van der Waals surface area contributed by atoms with Crippen LogP contribution in [0.4, 0.5) is 10.1 Å². The molecule has 0 saturated carbocycles. The number of anilines is 1. The van der Waals surface area contributed by atoms with Gasteiger partial charge in [-0.2, -0.15) is 0 Å². The zero-order valence-electron chi connectivity index (χ0n) is 11.7. The van der Waals surface area contributed by atoms with Crippen LogP contribution in [0.25, 0.3) is 5.69 Å². The van der Waals surface area contributed by atoms with Gasteiger partial charge in [0, 0.05) is 18.1 Å². The first-order chi connectivity index (χ1) is 9.74. The number of hydrogen-bond acceptors (Lipinski definition) is 3. The molecule has 1 amide bonds. The first-order valence-corrected chi connectivity index (χ1v) is 6.56. The van der Waals surface area contributed by atoms with Crippen LogP contribution in [0, 0.1) is 5.82 Å². The van der Waals surface area contributed by atoms with Gasteiger partial charge in [-0.15, -0.1) is 24.8 Å². The lowest BCUT2D eigenvalue weighted by Crippen LogP contribution is -2.35. The number of imidazole rings is 1. The molecule has 0 spiro atoms. The van der Waals surface area contributed by atoms with E-state index in [1.54, 1.807) is 29.1 Å². The third-order valence-electron chi connectivity index (χ3n) is 3.37. The molecule has 1 atom stereocenters. The predicted octanol–water partition coefficient (Wildman–Crippen LogP) is 2.55. The van der Waals surface area contributed by atoms with Crippen LogP contribution in [-0.4, -0.2) is 28.0 Å². The van der Waals surface area contributed by atoms with E-state index in [2.05, 4.69) is 15.6 Å². The van der Waals surface area contributed by atoms with E-state index in [0.717, 1.165) is 19.4 Å². The molecule has 2 N–H and O–H groups in total. The topological polar surface area (TPSA) is 59.0 Å². The Kier molecular flexibility index (Phi) is 6.80. The highest BCUT2D eigenvalue weighted by Crippen LogP contribution is 2.18. The fourth-order valence-corrected chi connectivity index (χ4v) is 2.33. The summed E-state index contributed by atoms with van der Waals surface area (Å²) < 4.78 is 15.6. The van der Waals surface area contributed by atoms with Gasteiger partial charge in [-0.3, -0.25) is 4.79 Å². The van der Waals surface area contributed by atoms with Gasteiger partial charge in [0.1, 0.15) is 5.82 Å². The van der Waals surface area contributed by atoms with Crippen molar-refractivity contribution in [1.82, 2.24) is 14.9 Å². The number of halogens is 3. The maximum atomic E-state index is 14.0. The Morgan fingerprint density at radius 1 is 1.41 bits per heavy atom. The third-order valence-corrected chi connectivity index (χ3v) is 3.37. The van der Waals surface area contributed by atoms with Gasteiger partial charge in [0.25, 0.3) is 0 Å². The summed E-state index contributed by atoms with van der Waals surface area (Å²) in [5.74, 6) is -0.516. The van der Waals surface area contributed by atoms with Gasteiger partial charge in [-0.25, -0.2) is 9.37 Å². The lowest BCUT2D eigenvalue weighted by molar-refractivity contribution is -0.117. The van der Waals surface area contributed by atoms with E-state index in [9.17, 15) is 9.18 Å². The second-order valence-corrected chi connectivity index (χ2v) is 4.77. The molecule has 2 heterocycles. The van der Waals surface area contributed by atoms with E-state index >= 15 is 0 Å². The number of carbonyl (C=O) groups is 1. The van der Waals surface area contributed by atoms with Crippen molar-refractivity contribution in [1.29, 1.82) is 0 Å². The maximum Gasteiger partial charge on any atom is 0.241 e. The van der Waals surface area contributed by atoms with Crippen molar-refractivity contribution < 1.29 is 9.18 Å². The zero-order valence-corrected chi connectivity index (χ0v) is 13.3. The summed E-state index contributed by atoms with van der Waals surface area (Å²) in [7, 11) is 0. The Balaban J connectivity index is 0.00000121. The molecule has 22 heavy (non-hydrogen) atoms. The average Bonchev–Trinajstić information content (AvgIpc) is 3.12. The molecular formula is C14H17Cl2FN4O. The van der Waals surface area contributed by atoms with Crippen molar-refractivity contribution in [3.05, 3.63) is 42.7 Å². The summed E-state index contributed by atoms with van der Waals surface area (Å²) in [4.78, 5) is 15.8. The van der Waals surface area contributed by atoms with Crippen molar-refractivity contribution in [3.63, 3.8) is 0 Å². The second kappa shape index (κ2) is 8.12. The van der Waals surface area contributed by atoms with Gasteiger partial charge in [0.2, 0.25) is 5.91 Å². The number of aromatic nitrogens is 2. The van der Waals surface area contributed by atoms with Crippen molar-refractivity contribution in [2.45, 2.75) is 18.9 Å². The number of benzene rings is 1. The summed E-state index contributed by atoms with van der Waals surface area (Å²) in [5.41, 5.74) is 0.865. The summed E-state index contributed by atoms with van der Waals surface area (Å²) in [6.45, 7) is 0.853. The van der Waals surface area contributed by atoms with E-state index in [0.29, 0.717) is 11.4 Å². The zero-order chi connectivity index (χ0) is 13.9. The molecule has 1 unspecified atom stereocenters. The minimum absolute atomic E-state index is 0. The molecule has 5 nitrogen and oxygen atoms in total. The monoisotopic (exact) mass is 346 g/mol. The molecule has 8 heteroatoms. The number of nitrogens with zero attached hydrogens (tertiary/aromatic N) is 2. The molecule has 1 fully saturated rings. The molecule has 3 rings (SSSR count). The number of nitrogens with one attached hydrogen (secondary N) is 2. The molecule has 1 aliphatic rings. The Morgan fingerprint density at radius 2 is 2.23 bits per heavy atom. The third kappa shape index (κ3) is 3.97. The summed E-state index contributed by atoms with van der Waals surface area (Å²) in [6.07, 6.45) is 6.59. The molecule has 0 aliphatic carbocycles. The number of amides is 1. The number of hydrogen-bond donors (Lipinski definition) is 2. The van der Waals surface area contributed by atoms with Crippen LogP contribution in [0.5, 0.6) is 0 Å². The van der Waals surface area contributed by atoms with Gasteiger partial charge < -0.3 is 15.2 Å². The summed E-state index contributed by atoms with van der Waals surface area (Å²) >= 11 is 0. The highest BCUT2D eigenvalue weighted by atomic mass is 35.5. The minimum Gasteiger partial charge on any atom is -0.325 e. The Hall–Kier alpha value is -1.63. The van der Waals surface area contributed by atoms with Gasteiger partial charge in [0.15, 0.2) is 0 Å². The van der Waals surface area contributed by atoms with Crippen molar-refractivity contribution >= 4 is 36.4 Å². The quantitative estimate of drug-likeness (QED) is 0.897. The predicted molar refractivity (Wildman–Crippen MR) is 87.7 cm³/mol.